The molecular weight excluding hydrogens is 232 g/mol. The molecule has 0 aliphatic heterocycles. The lowest BCUT2D eigenvalue weighted by Crippen LogP contribution is -2.26. The van der Waals surface area contributed by atoms with Gasteiger partial charge in [0.05, 0.1) is 0 Å². The van der Waals surface area contributed by atoms with E-state index in [-0.39, 0.29) is 5.91 Å². The second kappa shape index (κ2) is 4.37. The lowest BCUT2D eigenvalue weighted by atomic mass is 10.3. The van der Waals surface area contributed by atoms with Gasteiger partial charge >= 0.3 is 0 Å². The largest absolute Gasteiger partial charge is 0.341 e. The Bertz CT molecular complexity index is 297. The molecule has 3 nitrogen and oxygen atoms in total. The van der Waals surface area contributed by atoms with Crippen LogP contribution in [0.4, 0.5) is 0 Å². The normalized spacial score (nSPS) is 9.77. The second-order valence-corrected chi connectivity index (χ2v) is 3.60. The van der Waals surface area contributed by atoms with Crippen molar-refractivity contribution in [2.45, 2.75) is 6.92 Å². The molecule has 0 aliphatic rings. The van der Waals surface area contributed by atoms with Crippen molar-refractivity contribution in [2.24, 2.45) is 0 Å². The molecule has 0 fully saturated rings. The summed E-state index contributed by atoms with van der Waals surface area (Å²) in [5, 5.41) is 0. The standard InChI is InChI=1S/C9H11BrN2O/c1-3-12(2)9(13)8-5-4-7(10)6-11-8/h4-6H,3H2,1-2H3. The Balaban J connectivity index is 2.83. The Hall–Kier alpha value is -0.900. The lowest BCUT2D eigenvalue weighted by Gasteiger charge is -2.13. The van der Waals surface area contributed by atoms with Crippen LogP contribution in [0.3, 0.4) is 0 Å². The number of amides is 1. The van der Waals surface area contributed by atoms with Crippen LogP contribution < -0.4 is 0 Å². The molecule has 1 aromatic heterocycles. The minimum atomic E-state index is -0.0463. The van der Waals surface area contributed by atoms with E-state index >= 15 is 0 Å². The molecule has 0 N–H and O–H groups in total. The quantitative estimate of drug-likeness (QED) is 0.795. The van der Waals surface area contributed by atoms with E-state index in [1.54, 1.807) is 24.2 Å². The average Bonchev–Trinajstić information content (AvgIpc) is 2.17. The van der Waals surface area contributed by atoms with Gasteiger partial charge in [0.15, 0.2) is 0 Å². The molecule has 0 radical (unpaired) electrons. The maximum absolute atomic E-state index is 11.5. The summed E-state index contributed by atoms with van der Waals surface area (Å²) in [5.41, 5.74) is 0.479. The maximum Gasteiger partial charge on any atom is 0.272 e. The zero-order chi connectivity index (χ0) is 9.84. The first-order chi connectivity index (χ1) is 6.15. The van der Waals surface area contributed by atoms with Gasteiger partial charge in [-0.25, -0.2) is 4.98 Å². The van der Waals surface area contributed by atoms with Crippen LogP contribution in [-0.2, 0) is 0 Å². The molecule has 0 unspecified atom stereocenters. The Morgan fingerprint density at radius 3 is 2.77 bits per heavy atom. The first-order valence-corrected chi connectivity index (χ1v) is 4.81. The zero-order valence-corrected chi connectivity index (χ0v) is 9.21. The van der Waals surface area contributed by atoms with E-state index in [2.05, 4.69) is 20.9 Å². The van der Waals surface area contributed by atoms with Gasteiger partial charge in [-0.05, 0) is 35.0 Å². The molecule has 0 saturated carbocycles. The van der Waals surface area contributed by atoms with E-state index in [9.17, 15) is 4.79 Å². The fourth-order valence-corrected chi connectivity index (χ4v) is 1.08. The zero-order valence-electron chi connectivity index (χ0n) is 7.62. The van der Waals surface area contributed by atoms with E-state index in [4.69, 9.17) is 0 Å². The highest BCUT2D eigenvalue weighted by Gasteiger charge is 2.10. The first kappa shape index (κ1) is 10.2. The molecule has 4 heteroatoms. The highest BCUT2D eigenvalue weighted by molar-refractivity contribution is 9.10. The van der Waals surface area contributed by atoms with Crippen molar-refractivity contribution in [1.29, 1.82) is 0 Å². The van der Waals surface area contributed by atoms with Crippen LogP contribution in [0.5, 0.6) is 0 Å². The number of aromatic nitrogens is 1. The van der Waals surface area contributed by atoms with Gasteiger partial charge in [-0.3, -0.25) is 4.79 Å². The van der Waals surface area contributed by atoms with E-state index < -0.39 is 0 Å². The van der Waals surface area contributed by atoms with Crippen LogP contribution in [0.1, 0.15) is 17.4 Å². The Kier molecular flexibility index (Phi) is 3.42. The Morgan fingerprint density at radius 1 is 1.62 bits per heavy atom. The van der Waals surface area contributed by atoms with Crippen LogP contribution in [0.25, 0.3) is 0 Å². The van der Waals surface area contributed by atoms with E-state index in [1.165, 1.54) is 0 Å². The highest BCUT2D eigenvalue weighted by atomic mass is 79.9. The summed E-state index contributed by atoms with van der Waals surface area (Å²) in [6.45, 7) is 2.62. The van der Waals surface area contributed by atoms with Gasteiger partial charge in [0.1, 0.15) is 5.69 Å². The molecule has 0 bridgehead atoms. The monoisotopic (exact) mass is 242 g/mol. The molecule has 0 saturated heterocycles. The smallest absolute Gasteiger partial charge is 0.272 e. The van der Waals surface area contributed by atoms with Crippen molar-refractivity contribution in [1.82, 2.24) is 9.88 Å². The third-order valence-corrected chi connectivity index (χ3v) is 2.24. The first-order valence-electron chi connectivity index (χ1n) is 4.02. The number of halogens is 1. The summed E-state index contributed by atoms with van der Waals surface area (Å²) in [6, 6.07) is 3.52. The minimum Gasteiger partial charge on any atom is -0.341 e. The predicted octanol–water partition coefficient (Wildman–Crippen LogP) is 1.94. The van der Waals surface area contributed by atoms with Crippen LogP contribution in [0, 0.1) is 0 Å². The van der Waals surface area contributed by atoms with Gasteiger partial charge in [-0.1, -0.05) is 0 Å². The van der Waals surface area contributed by atoms with Crippen LogP contribution in [0.15, 0.2) is 22.8 Å². The molecule has 1 amide bonds. The SMILES string of the molecule is CCN(C)C(=O)c1ccc(Br)cn1. The van der Waals surface area contributed by atoms with E-state index in [0.717, 1.165) is 4.47 Å². The second-order valence-electron chi connectivity index (χ2n) is 2.68. The van der Waals surface area contributed by atoms with Gasteiger partial charge in [-0.15, -0.1) is 0 Å². The summed E-state index contributed by atoms with van der Waals surface area (Å²) < 4.78 is 0.878. The van der Waals surface area contributed by atoms with Crippen molar-refractivity contribution in [2.75, 3.05) is 13.6 Å². The number of carbonyl (C=O) groups is 1. The van der Waals surface area contributed by atoms with Crippen molar-refractivity contribution >= 4 is 21.8 Å². The summed E-state index contributed by atoms with van der Waals surface area (Å²) in [5.74, 6) is -0.0463. The van der Waals surface area contributed by atoms with Crippen molar-refractivity contribution in [3.05, 3.63) is 28.5 Å². The molecule has 0 atom stereocenters. The number of pyridine rings is 1. The number of hydrogen-bond donors (Lipinski definition) is 0. The number of nitrogens with zero attached hydrogens (tertiary/aromatic N) is 2. The maximum atomic E-state index is 11.5. The van der Waals surface area contributed by atoms with Crippen LogP contribution >= 0.6 is 15.9 Å². The predicted molar refractivity (Wildman–Crippen MR) is 54.6 cm³/mol. The van der Waals surface area contributed by atoms with Gasteiger partial charge in [0.2, 0.25) is 0 Å². The van der Waals surface area contributed by atoms with Crippen LogP contribution in [-0.4, -0.2) is 29.4 Å². The van der Waals surface area contributed by atoms with Crippen molar-refractivity contribution < 1.29 is 4.79 Å². The number of carbonyl (C=O) groups excluding carboxylic acids is 1. The number of hydrogen-bond acceptors (Lipinski definition) is 2. The molecule has 0 spiro atoms. The fourth-order valence-electron chi connectivity index (χ4n) is 0.841. The minimum absolute atomic E-state index is 0.0463. The third-order valence-electron chi connectivity index (χ3n) is 1.77. The fraction of sp³-hybridized carbons (Fsp3) is 0.333. The van der Waals surface area contributed by atoms with E-state index in [1.807, 2.05) is 13.0 Å². The topological polar surface area (TPSA) is 33.2 Å². The lowest BCUT2D eigenvalue weighted by molar-refractivity contribution is 0.0796. The van der Waals surface area contributed by atoms with E-state index in [0.29, 0.717) is 12.2 Å². The van der Waals surface area contributed by atoms with Gasteiger partial charge in [0, 0.05) is 24.3 Å². The molecule has 0 aromatic carbocycles. The Morgan fingerprint density at radius 2 is 2.31 bits per heavy atom. The molecule has 1 aromatic rings. The third kappa shape index (κ3) is 2.52. The van der Waals surface area contributed by atoms with Crippen LogP contribution in [0.2, 0.25) is 0 Å². The Labute approximate surface area is 85.9 Å². The van der Waals surface area contributed by atoms with Gasteiger partial charge in [-0.2, -0.15) is 0 Å². The van der Waals surface area contributed by atoms with Gasteiger partial charge < -0.3 is 4.90 Å². The molecule has 70 valence electrons. The molecule has 1 heterocycles. The molecule has 1 rings (SSSR count). The van der Waals surface area contributed by atoms with Gasteiger partial charge in [0.25, 0.3) is 5.91 Å². The average molecular weight is 243 g/mol. The molecule has 0 aliphatic carbocycles. The summed E-state index contributed by atoms with van der Waals surface area (Å²) >= 11 is 3.26. The summed E-state index contributed by atoms with van der Waals surface area (Å²) in [4.78, 5) is 17.2. The summed E-state index contributed by atoms with van der Waals surface area (Å²) in [6.07, 6.45) is 1.62. The number of rotatable bonds is 2. The molecular formula is C9H11BrN2O. The van der Waals surface area contributed by atoms with Crippen molar-refractivity contribution in [3.8, 4) is 0 Å². The highest BCUT2D eigenvalue weighted by Crippen LogP contribution is 2.08. The summed E-state index contributed by atoms with van der Waals surface area (Å²) in [7, 11) is 1.76. The molecule has 13 heavy (non-hydrogen) atoms. The van der Waals surface area contributed by atoms with Crippen molar-refractivity contribution in [3.63, 3.8) is 0 Å².